The number of fused-ring (bicyclic) bond motifs is 1. The lowest BCUT2D eigenvalue weighted by molar-refractivity contribution is -0.136. The molecule has 0 saturated carbocycles. The van der Waals surface area contributed by atoms with Crippen LogP contribution in [0.2, 0.25) is 0 Å². The van der Waals surface area contributed by atoms with Gasteiger partial charge in [0.25, 0.3) is 17.7 Å². The predicted octanol–water partition coefficient (Wildman–Crippen LogP) is 1.36. The maximum atomic E-state index is 13.3. The number of rotatable bonds is 6. The quantitative estimate of drug-likeness (QED) is 0.448. The second-order valence-electron chi connectivity index (χ2n) is 9.75. The van der Waals surface area contributed by atoms with Gasteiger partial charge in [-0.3, -0.25) is 38.9 Å². The van der Waals surface area contributed by atoms with Crippen LogP contribution in [0.3, 0.4) is 0 Å². The van der Waals surface area contributed by atoms with Crippen LogP contribution < -0.4 is 10.6 Å². The van der Waals surface area contributed by atoms with Crippen LogP contribution in [0.15, 0.2) is 47.6 Å². The summed E-state index contributed by atoms with van der Waals surface area (Å²) in [7, 11) is 0. The van der Waals surface area contributed by atoms with E-state index in [1.165, 1.54) is 12.6 Å². The predicted molar refractivity (Wildman–Crippen MR) is 133 cm³/mol. The number of anilines is 1. The van der Waals surface area contributed by atoms with E-state index in [-0.39, 0.29) is 41.7 Å². The van der Waals surface area contributed by atoms with Crippen molar-refractivity contribution in [2.45, 2.75) is 44.3 Å². The van der Waals surface area contributed by atoms with Crippen molar-refractivity contribution in [3.8, 4) is 0 Å². The molecule has 13 nitrogen and oxygen atoms in total. The van der Waals surface area contributed by atoms with E-state index >= 15 is 0 Å². The third kappa shape index (κ3) is 4.45. The van der Waals surface area contributed by atoms with E-state index in [2.05, 4.69) is 20.7 Å². The molecular weight excluding hydrogens is 506 g/mol. The number of nitrogens with zero attached hydrogens (tertiary/aromatic N) is 5. The summed E-state index contributed by atoms with van der Waals surface area (Å²) in [4.78, 5) is 69.1. The van der Waals surface area contributed by atoms with Gasteiger partial charge in [0, 0.05) is 43.5 Å². The number of nitrogens with one attached hydrogen (secondary N) is 2. The van der Waals surface area contributed by atoms with Crippen LogP contribution >= 0.6 is 0 Å². The molecule has 0 radical (unpaired) electrons. The molecule has 3 aliphatic rings. The van der Waals surface area contributed by atoms with E-state index in [9.17, 15) is 24.0 Å². The van der Waals surface area contributed by atoms with E-state index in [4.69, 9.17) is 4.42 Å². The van der Waals surface area contributed by atoms with Gasteiger partial charge in [0.2, 0.25) is 17.6 Å². The van der Waals surface area contributed by atoms with Crippen molar-refractivity contribution in [2.24, 2.45) is 0 Å². The van der Waals surface area contributed by atoms with Crippen LogP contribution in [0.1, 0.15) is 68.6 Å². The molecule has 1 atom stereocenters. The fourth-order valence-corrected chi connectivity index (χ4v) is 5.34. The lowest BCUT2D eigenvalue weighted by Crippen LogP contribution is -2.54. The van der Waals surface area contributed by atoms with Gasteiger partial charge in [-0.15, -0.1) is 0 Å². The Morgan fingerprint density at radius 1 is 1.08 bits per heavy atom. The Bertz CT molecular complexity index is 1470. The highest BCUT2D eigenvalue weighted by Crippen LogP contribution is 2.32. The minimum absolute atomic E-state index is 0.0652. The number of amides is 5. The third-order valence-electron chi connectivity index (χ3n) is 7.37. The molecule has 1 aromatic carbocycles. The summed E-state index contributed by atoms with van der Waals surface area (Å²) in [5, 5.41) is 9.94. The Kier molecular flexibility index (Phi) is 6.17. The molecule has 13 heteroatoms. The Hall–Kier alpha value is -4.81. The Labute approximate surface area is 222 Å². The molecule has 1 unspecified atom stereocenters. The van der Waals surface area contributed by atoms with Crippen molar-refractivity contribution in [1.82, 2.24) is 29.9 Å². The van der Waals surface area contributed by atoms with Crippen molar-refractivity contribution < 1.29 is 28.4 Å². The molecule has 2 aromatic heterocycles. The van der Waals surface area contributed by atoms with Crippen LogP contribution in [0, 0.1) is 0 Å². The molecule has 39 heavy (non-hydrogen) atoms. The fraction of sp³-hybridized carbons (Fsp3) is 0.346. The maximum Gasteiger partial charge on any atom is 0.291 e. The molecule has 5 amide bonds. The molecule has 5 heterocycles. The van der Waals surface area contributed by atoms with Gasteiger partial charge >= 0.3 is 0 Å². The van der Waals surface area contributed by atoms with E-state index < -0.39 is 29.7 Å². The normalized spacial score (nSPS) is 19.8. The Morgan fingerprint density at radius 3 is 2.64 bits per heavy atom. The number of oxazole rings is 1. The van der Waals surface area contributed by atoms with Gasteiger partial charge in [0.15, 0.2) is 6.39 Å². The summed E-state index contributed by atoms with van der Waals surface area (Å²) in [6.45, 7) is 1.51. The number of likely N-dealkylation sites (tertiary alicyclic amines) is 1. The van der Waals surface area contributed by atoms with Gasteiger partial charge in [-0.25, -0.2) is 4.98 Å². The largest absolute Gasteiger partial charge is 0.438 e. The first kappa shape index (κ1) is 24.5. The van der Waals surface area contributed by atoms with Crippen molar-refractivity contribution in [3.05, 3.63) is 65.6 Å². The fourth-order valence-electron chi connectivity index (χ4n) is 5.34. The number of hydrogen-bond acceptors (Lipinski definition) is 9. The summed E-state index contributed by atoms with van der Waals surface area (Å²) in [6.07, 6.45) is 7.98. The highest BCUT2D eigenvalue weighted by Gasteiger charge is 2.45. The molecule has 6 rings (SSSR count). The first-order valence-corrected chi connectivity index (χ1v) is 12.7. The molecule has 2 saturated heterocycles. The molecule has 2 fully saturated rings. The van der Waals surface area contributed by atoms with Gasteiger partial charge < -0.3 is 14.6 Å². The zero-order valence-corrected chi connectivity index (χ0v) is 20.8. The number of aromatic nitrogens is 3. The van der Waals surface area contributed by atoms with Gasteiger partial charge in [-0.05, 0) is 31.4 Å². The molecule has 0 spiro atoms. The smallest absolute Gasteiger partial charge is 0.291 e. The molecular formula is C26H25N7O6. The van der Waals surface area contributed by atoms with Crippen LogP contribution in [0.4, 0.5) is 5.69 Å². The average Bonchev–Trinajstić information content (AvgIpc) is 3.69. The van der Waals surface area contributed by atoms with Gasteiger partial charge in [-0.1, -0.05) is 6.07 Å². The van der Waals surface area contributed by atoms with Crippen molar-refractivity contribution in [3.63, 3.8) is 0 Å². The van der Waals surface area contributed by atoms with E-state index in [0.29, 0.717) is 25.3 Å². The summed E-state index contributed by atoms with van der Waals surface area (Å²) in [5.41, 5.74) is 1.79. The van der Waals surface area contributed by atoms with Crippen molar-refractivity contribution >= 4 is 35.2 Å². The molecule has 200 valence electrons. The zero-order valence-electron chi connectivity index (χ0n) is 20.8. The highest BCUT2D eigenvalue weighted by atomic mass is 16.3. The topological polar surface area (TPSA) is 160 Å². The monoisotopic (exact) mass is 531 g/mol. The lowest BCUT2D eigenvalue weighted by Gasteiger charge is -2.31. The second-order valence-corrected chi connectivity index (χ2v) is 9.75. The molecule has 2 N–H and O–H groups in total. The first-order valence-electron chi connectivity index (χ1n) is 12.7. The van der Waals surface area contributed by atoms with Gasteiger partial charge in [-0.2, -0.15) is 5.10 Å². The number of benzene rings is 1. The maximum absolute atomic E-state index is 13.3. The summed E-state index contributed by atoms with van der Waals surface area (Å²) in [6, 6.07) is 4.07. The average molecular weight is 532 g/mol. The summed E-state index contributed by atoms with van der Waals surface area (Å²) >= 11 is 0. The van der Waals surface area contributed by atoms with E-state index in [0.717, 1.165) is 23.3 Å². The molecule has 3 aliphatic heterocycles. The number of carbonyl (C=O) groups is 5. The van der Waals surface area contributed by atoms with Crippen LogP contribution in [0.25, 0.3) is 0 Å². The third-order valence-corrected chi connectivity index (χ3v) is 7.37. The van der Waals surface area contributed by atoms with Crippen molar-refractivity contribution in [1.29, 1.82) is 0 Å². The minimum Gasteiger partial charge on any atom is -0.438 e. The summed E-state index contributed by atoms with van der Waals surface area (Å²) in [5.74, 6) is -2.11. The van der Waals surface area contributed by atoms with Crippen LogP contribution in [-0.4, -0.2) is 73.2 Å². The van der Waals surface area contributed by atoms with E-state index in [1.54, 1.807) is 29.3 Å². The zero-order chi connectivity index (χ0) is 27.1. The molecule has 0 aliphatic carbocycles. The SMILES string of the molecule is O=C1CCC(N2C(=O)c3cccc(NCc4cnn(C5CCN(C(=O)c6cnco6)CC5)c4)c3C2=O)C(=O)N1. The number of imide groups is 2. The molecule has 0 bridgehead atoms. The lowest BCUT2D eigenvalue weighted by atomic mass is 10.0. The van der Waals surface area contributed by atoms with Crippen LogP contribution in [0.5, 0.6) is 0 Å². The van der Waals surface area contributed by atoms with Gasteiger partial charge in [0.05, 0.1) is 29.6 Å². The van der Waals surface area contributed by atoms with Crippen molar-refractivity contribution in [2.75, 3.05) is 18.4 Å². The first-order chi connectivity index (χ1) is 18.9. The van der Waals surface area contributed by atoms with E-state index in [1.807, 2.05) is 10.9 Å². The Balaban J connectivity index is 1.10. The van der Waals surface area contributed by atoms with Crippen LogP contribution in [-0.2, 0) is 16.1 Å². The summed E-state index contributed by atoms with van der Waals surface area (Å²) < 4.78 is 7.00. The standard InChI is InChI=1S/C26H25N7O6/c34-21-5-4-19(23(35)30-21)33-24(36)17-2-1-3-18(22(17)26(33)38)28-10-15-11-29-32(13-15)16-6-8-31(9-7-16)25(37)20-12-27-14-39-20/h1-3,11-14,16,19,28H,4-10H2,(H,30,34,35). The van der Waals surface area contributed by atoms with Gasteiger partial charge in [0.1, 0.15) is 6.04 Å². The number of piperidine rings is 2. The number of hydrogen-bond donors (Lipinski definition) is 2. The second kappa shape index (κ2) is 9.82. The Morgan fingerprint density at radius 2 is 1.90 bits per heavy atom. The highest BCUT2D eigenvalue weighted by molar-refractivity contribution is 6.25. The minimum atomic E-state index is -1.02. The number of carbonyl (C=O) groups excluding carboxylic acids is 5. The molecule has 3 aromatic rings.